The van der Waals surface area contributed by atoms with E-state index >= 15 is 0 Å². The smallest absolute Gasteiger partial charge is 0.315 e. The van der Waals surface area contributed by atoms with Crippen LogP contribution in [0.1, 0.15) is 46.5 Å². The number of nitrogens with one attached hydrogen (secondary N) is 2. The summed E-state index contributed by atoms with van der Waals surface area (Å²) in [6.07, 6.45) is 4.25. The van der Waals surface area contributed by atoms with Crippen molar-refractivity contribution in [2.75, 3.05) is 13.7 Å². The molecule has 0 spiro atoms. The molecular formula is C13H26N2O2. The minimum absolute atomic E-state index is 0.0207. The number of carbonyl (C=O) groups excluding carboxylic acids is 1. The number of methoxy groups -OCH3 is 1. The lowest BCUT2D eigenvalue weighted by Gasteiger charge is -2.39. The van der Waals surface area contributed by atoms with Gasteiger partial charge in [-0.1, -0.05) is 13.8 Å². The van der Waals surface area contributed by atoms with E-state index < -0.39 is 0 Å². The number of amides is 2. The van der Waals surface area contributed by atoms with Crippen LogP contribution < -0.4 is 10.6 Å². The Morgan fingerprint density at radius 3 is 2.47 bits per heavy atom. The van der Waals surface area contributed by atoms with Crippen LogP contribution in [0, 0.1) is 5.92 Å². The van der Waals surface area contributed by atoms with Gasteiger partial charge in [-0.3, -0.25) is 0 Å². The molecule has 1 rings (SSSR count). The third-order valence-electron chi connectivity index (χ3n) is 3.63. The van der Waals surface area contributed by atoms with Crippen LogP contribution in [-0.4, -0.2) is 31.3 Å². The van der Waals surface area contributed by atoms with E-state index in [1.54, 1.807) is 7.11 Å². The van der Waals surface area contributed by atoms with E-state index in [4.69, 9.17) is 4.74 Å². The largest absolute Gasteiger partial charge is 0.385 e. The Hall–Kier alpha value is -0.770. The molecule has 1 aliphatic carbocycles. The highest BCUT2D eigenvalue weighted by atomic mass is 16.5. The summed E-state index contributed by atoms with van der Waals surface area (Å²) in [6.45, 7) is 7.02. The molecule has 1 atom stereocenters. The lowest BCUT2D eigenvalue weighted by Crippen LogP contribution is -2.56. The number of urea groups is 1. The number of rotatable bonds is 6. The van der Waals surface area contributed by atoms with Gasteiger partial charge in [0.2, 0.25) is 0 Å². The third-order valence-corrected chi connectivity index (χ3v) is 3.63. The first-order chi connectivity index (χ1) is 7.97. The number of carbonyl (C=O) groups is 1. The van der Waals surface area contributed by atoms with Gasteiger partial charge in [0.15, 0.2) is 0 Å². The second kappa shape index (κ2) is 6.24. The Morgan fingerprint density at radius 1 is 1.41 bits per heavy atom. The minimum atomic E-state index is -0.0398. The van der Waals surface area contributed by atoms with Crippen LogP contribution >= 0.6 is 0 Å². The fourth-order valence-corrected chi connectivity index (χ4v) is 2.13. The van der Waals surface area contributed by atoms with Crippen molar-refractivity contribution in [2.45, 2.75) is 58.0 Å². The topological polar surface area (TPSA) is 50.4 Å². The maximum absolute atomic E-state index is 11.9. The molecule has 2 amide bonds. The molecule has 4 heteroatoms. The Bertz CT molecular complexity index is 250. The van der Waals surface area contributed by atoms with Gasteiger partial charge < -0.3 is 15.4 Å². The zero-order valence-corrected chi connectivity index (χ0v) is 11.5. The first kappa shape index (κ1) is 14.3. The first-order valence-corrected chi connectivity index (χ1v) is 6.54. The molecule has 0 radical (unpaired) electrons. The fourth-order valence-electron chi connectivity index (χ4n) is 2.13. The summed E-state index contributed by atoms with van der Waals surface area (Å²) in [6, 6.07) is 0.139. The van der Waals surface area contributed by atoms with E-state index in [-0.39, 0.29) is 17.6 Å². The fraction of sp³-hybridized carbons (Fsp3) is 0.923. The summed E-state index contributed by atoms with van der Waals surface area (Å²) in [5.41, 5.74) is 0.0207. The van der Waals surface area contributed by atoms with Gasteiger partial charge in [0, 0.05) is 25.3 Å². The number of hydrogen-bond acceptors (Lipinski definition) is 2. The van der Waals surface area contributed by atoms with Crippen molar-refractivity contribution in [1.82, 2.24) is 10.6 Å². The van der Waals surface area contributed by atoms with Crippen molar-refractivity contribution in [2.24, 2.45) is 5.92 Å². The Kier molecular flexibility index (Phi) is 5.25. The summed E-state index contributed by atoms with van der Waals surface area (Å²) in [7, 11) is 1.69. The van der Waals surface area contributed by atoms with Crippen LogP contribution in [-0.2, 0) is 4.74 Å². The van der Waals surface area contributed by atoms with Crippen LogP contribution in [0.2, 0.25) is 0 Å². The van der Waals surface area contributed by atoms with Gasteiger partial charge >= 0.3 is 6.03 Å². The molecule has 0 aromatic carbocycles. The van der Waals surface area contributed by atoms with Crippen LogP contribution in [0.15, 0.2) is 0 Å². The van der Waals surface area contributed by atoms with E-state index in [2.05, 4.69) is 31.4 Å². The predicted octanol–water partition coefficient (Wildman–Crippen LogP) is 2.29. The summed E-state index contributed by atoms with van der Waals surface area (Å²) >= 11 is 0. The molecule has 2 N–H and O–H groups in total. The number of ether oxygens (including phenoxy) is 1. The average Bonchev–Trinajstić information content (AvgIpc) is 2.21. The van der Waals surface area contributed by atoms with E-state index in [1.165, 1.54) is 6.42 Å². The van der Waals surface area contributed by atoms with Gasteiger partial charge in [-0.2, -0.15) is 0 Å². The van der Waals surface area contributed by atoms with Crippen molar-refractivity contribution >= 4 is 6.03 Å². The summed E-state index contributed by atoms with van der Waals surface area (Å²) < 4.78 is 5.07. The van der Waals surface area contributed by atoms with Gasteiger partial charge in [-0.25, -0.2) is 4.79 Å². The lowest BCUT2D eigenvalue weighted by atomic mass is 9.79. The van der Waals surface area contributed by atoms with Crippen molar-refractivity contribution in [3.63, 3.8) is 0 Å². The molecule has 1 unspecified atom stereocenters. The Labute approximate surface area is 104 Å². The second-order valence-electron chi connectivity index (χ2n) is 5.64. The zero-order chi connectivity index (χ0) is 12.9. The van der Waals surface area contributed by atoms with Crippen LogP contribution in [0.3, 0.4) is 0 Å². The molecule has 0 heterocycles. The van der Waals surface area contributed by atoms with Crippen molar-refractivity contribution in [1.29, 1.82) is 0 Å². The molecule has 0 aromatic heterocycles. The van der Waals surface area contributed by atoms with E-state index in [0.717, 1.165) is 19.3 Å². The average molecular weight is 242 g/mol. The molecule has 17 heavy (non-hydrogen) atoms. The summed E-state index contributed by atoms with van der Waals surface area (Å²) in [5, 5.41) is 6.11. The molecule has 4 nitrogen and oxygen atoms in total. The molecule has 100 valence electrons. The summed E-state index contributed by atoms with van der Waals surface area (Å²) in [4.78, 5) is 11.9. The predicted molar refractivity (Wildman–Crippen MR) is 69.0 cm³/mol. The SMILES string of the molecule is COCCC(NC(=O)NC1(C)CCC1)C(C)C. The monoisotopic (exact) mass is 242 g/mol. The van der Waals surface area contributed by atoms with Crippen LogP contribution in [0.4, 0.5) is 4.79 Å². The first-order valence-electron chi connectivity index (χ1n) is 6.54. The second-order valence-corrected chi connectivity index (χ2v) is 5.64. The normalized spacial score (nSPS) is 19.6. The highest BCUT2D eigenvalue weighted by Crippen LogP contribution is 2.30. The van der Waals surface area contributed by atoms with Gasteiger partial charge in [0.05, 0.1) is 0 Å². The minimum Gasteiger partial charge on any atom is -0.385 e. The molecular weight excluding hydrogens is 216 g/mol. The molecule has 0 bridgehead atoms. The highest BCUT2D eigenvalue weighted by molar-refractivity contribution is 5.75. The Balaban J connectivity index is 2.35. The molecule has 0 aliphatic heterocycles. The standard InChI is InChI=1S/C13H26N2O2/c1-10(2)11(6-9-17-4)14-12(16)15-13(3)7-5-8-13/h10-11H,5-9H2,1-4H3,(H2,14,15,16). The van der Waals surface area contributed by atoms with Gasteiger partial charge in [-0.05, 0) is 38.5 Å². The van der Waals surface area contributed by atoms with E-state index in [0.29, 0.717) is 12.5 Å². The molecule has 1 fully saturated rings. The van der Waals surface area contributed by atoms with E-state index in [9.17, 15) is 4.79 Å². The molecule has 1 saturated carbocycles. The Morgan fingerprint density at radius 2 is 2.06 bits per heavy atom. The maximum atomic E-state index is 11.9. The van der Waals surface area contributed by atoms with Gasteiger partial charge in [-0.15, -0.1) is 0 Å². The molecule has 0 saturated heterocycles. The van der Waals surface area contributed by atoms with Crippen molar-refractivity contribution < 1.29 is 9.53 Å². The van der Waals surface area contributed by atoms with Gasteiger partial charge in [0.1, 0.15) is 0 Å². The van der Waals surface area contributed by atoms with Crippen molar-refractivity contribution in [3.05, 3.63) is 0 Å². The lowest BCUT2D eigenvalue weighted by molar-refractivity contribution is 0.165. The van der Waals surface area contributed by atoms with Crippen molar-refractivity contribution in [3.8, 4) is 0 Å². The zero-order valence-electron chi connectivity index (χ0n) is 11.5. The number of hydrogen-bond donors (Lipinski definition) is 2. The quantitative estimate of drug-likeness (QED) is 0.751. The molecule has 1 aliphatic rings. The van der Waals surface area contributed by atoms with Gasteiger partial charge in [0.25, 0.3) is 0 Å². The maximum Gasteiger partial charge on any atom is 0.315 e. The third kappa shape index (κ3) is 4.54. The highest BCUT2D eigenvalue weighted by Gasteiger charge is 2.33. The van der Waals surface area contributed by atoms with E-state index in [1.807, 2.05) is 0 Å². The summed E-state index contributed by atoms with van der Waals surface area (Å²) in [5.74, 6) is 0.421. The molecule has 0 aromatic rings. The van der Waals surface area contributed by atoms with Crippen LogP contribution in [0.5, 0.6) is 0 Å². The van der Waals surface area contributed by atoms with Crippen LogP contribution in [0.25, 0.3) is 0 Å².